The fraction of sp³-hybridized carbons (Fsp3) is 0.250. The number of aliphatic carboxylic acids is 1. The maximum atomic E-state index is 12.0. The van der Waals surface area contributed by atoms with E-state index >= 15 is 0 Å². The predicted molar refractivity (Wildman–Crippen MR) is 49.7 cm³/mol. The first kappa shape index (κ1) is 13.5. The van der Waals surface area contributed by atoms with Crippen LogP contribution < -0.4 is 0 Å². The normalized spacial score (nSPS) is 20.1. The van der Waals surface area contributed by atoms with Gasteiger partial charge in [0.25, 0.3) is 0 Å². The molecule has 1 aliphatic carbocycles. The molecule has 1 rings (SSSR count). The Balaban J connectivity index is 3.25. The summed E-state index contributed by atoms with van der Waals surface area (Å²) in [6, 6.07) is 0. The Morgan fingerprint density at radius 2 is 2.00 bits per heavy atom. The molecule has 1 atom stereocenters. The highest BCUT2D eigenvalue weighted by Gasteiger charge is 2.39. The number of allylic oxidation sites excluding steroid dienone is 2. The van der Waals surface area contributed by atoms with E-state index < -0.39 is 39.2 Å². The molecule has 0 aromatic rings. The minimum atomic E-state index is -5.14. The molecule has 0 saturated carbocycles. The van der Waals surface area contributed by atoms with Gasteiger partial charge in [0.05, 0.1) is 5.57 Å². The van der Waals surface area contributed by atoms with Gasteiger partial charge in [-0.2, -0.15) is 8.42 Å². The average molecular weight is 270 g/mol. The van der Waals surface area contributed by atoms with Crippen LogP contribution in [0.2, 0.25) is 0 Å². The van der Waals surface area contributed by atoms with Gasteiger partial charge in [0.15, 0.2) is 0 Å². The third-order valence-corrected chi connectivity index (χ3v) is 2.50. The monoisotopic (exact) mass is 270 g/mol. The zero-order chi connectivity index (χ0) is 13.2. The Labute approximate surface area is 94.3 Å². The van der Waals surface area contributed by atoms with Crippen LogP contribution in [0.3, 0.4) is 0 Å². The lowest BCUT2D eigenvalue weighted by Gasteiger charge is -2.20. The molecule has 0 aromatic heterocycles. The van der Waals surface area contributed by atoms with Gasteiger partial charge in [0.1, 0.15) is 11.0 Å². The van der Waals surface area contributed by atoms with E-state index in [1.165, 1.54) is 0 Å². The summed E-state index contributed by atoms with van der Waals surface area (Å²) >= 11 is 0. The first-order chi connectivity index (χ1) is 7.72. The lowest BCUT2D eigenvalue weighted by Crippen LogP contribution is -2.36. The van der Waals surface area contributed by atoms with Gasteiger partial charge in [0.2, 0.25) is 10.3 Å². The molecule has 17 heavy (non-hydrogen) atoms. The molecule has 0 bridgehead atoms. The van der Waals surface area contributed by atoms with E-state index in [0.29, 0.717) is 0 Å². The molecule has 5 nitrogen and oxygen atoms in total. The summed E-state index contributed by atoms with van der Waals surface area (Å²) in [7, 11) is -3.00. The van der Waals surface area contributed by atoms with Crippen molar-refractivity contribution in [3.05, 3.63) is 23.8 Å². The first-order valence-corrected chi connectivity index (χ1v) is 5.12. The molecular formula is C8H5F3O5S. The SMILES string of the molecule is O=C(O)C1=CC=CC(=S(=O)=O)C1OC(F)(F)F. The van der Waals surface area contributed by atoms with Gasteiger partial charge in [0, 0.05) is 0 Å². The Bertz CT molecular complexity index is 518. The van der Waals surface area contributed by atoms with Gasteiger partial charge in [-0.15, -0.1) is 13.2 Å². The molecule has 0 heterocycles. The smallest absolute Gasteiger partial charge is 0.478 e. The van der Waals surface area contributed by atoms with E-state index in [1.807, 2.05) is 0 Å². The number of carboxylic acids is 1. The predicted octanol–water partition coefficient (Wildman–Crippen LogP) is 0.524. The van der Waals surface area contributed by atoms with Crippen molar-refractivity contribution < 1.29 is 36.2 Å². The number of alkyl halides is 3. The van der Waals surface area contributed by atoms with Crippen molar-refractivity contribution in [2.45, 2.75) is 12.5 Å². The van der Waals surface area contributed by atoms with E-state index in [4.69, 9.17) is 5.11 Å². The van der Waals surface area contributed by atoms with Crippen LogP contribution in [-0.2, 0) is 19.8 Å². The van der Waals surface area contributed by atoms with Crippen molar-refractivity contribution in [3.8, 4) is 0 Å². The van der Waals surface area contributed by atoms with E-state index in [2.05, 4.69) is 4.74 Å². The van der Waals surface area contributed by atoms with Crippen LogP contribution >= 0.6 is 0 Å². The molecule has 1 N–H and O–H groups in total. The number of carbonyl (C=O) groups is 1. The largest absolute Gasteiger partial charge is 0.523 e. The minimum absolute atomic E-state index is 0.790. The molecular weight excluding hydrogens is 265 g/mol. The summed E-state index contributed by atoms with van der Waals surface area (Å²) < 4.78 is 60.9. The topological polar surface area (TPSA) is 80.7 Å². The van der Waals surface area contributed by atoms with Gasteiger partial charge < -0.3 is 5.11 Å². The highest BCUT2D eigenvalue weighted by molar-refractivity contribution is 7.73. The standard InChI is InChI=1S/C8H5F3O5S/c9-8(10,11)16-6-4(7(12)13)2-1-3-5(6)17(14)15/h1-3,6H,(H,12,13). The summed E-state index contributed by atoms with van der Waals surface area (Å²) in [4.78, 5) is 9.87. The van der Waals surface area contributed by atoms with Crippen molar-refractivity contribution >= 4 is 21.1 Å². The molecule has 0 amide bonds. The molecule has 1 unspecified atom stereocenters. The molecule has 0 saturated heterocycles. The van der Waals surface area contributed by atoms with Gasteiger partial charge >= 0.3 is 12.3 Å². The maximum Gasteiger partial charge on any atom is 0.523 e. The summed E-state index contributed by atoms with van der Waals surface area (Å²) in [5, 5.41) is 8.64. The number of carboxylic acid groups (broad SMARTS) is 1. The van der Waals surface area contributed by atoms with E-state index in [0.717, 1.165) is 18.2 Å². The van der Waals surface area contributed by atoms with Crippen LogP contribution in [0, 0.1) is 0 Å². The lowest BCUT2D eigenvalue weighted by molar-refractivity contribution is -0.328. The summed E-state index contributed by atoms with van der Waals surface area (Å²) in [5.74, 6) is -1.69. The van der Waals surface area contributed by atoms with Crippen molar-refractivity contribution in [1.29, 1.82) is 0 Å². The molecule has 94 valence electrons. The first-order valence-electron chi connectivity index (χ1n) is 4.04. The van der Waals surface area contributed by atoms with Crippen LogP contribution in [0.1, 0.15) is 0 Å². The van der Waals surface area contributed by atoms with Gasteiger partial charge in [-0.1, -0.05) is 6.08 Å². The zero-order valence-electron chi connectivity index (χ0n) is 7.93. The van der Waals surface area contributed by atoms with Crippen molar-refractivity contribution in [3.63, 3.8) is 0 Å². The van der Waals surface area contributed by atoms with Crippen LogP contribution in [0.25, 0.3) is 0 Å². The Morgan fingerprint density at radius 1 is 1.41 bits per heavy atom. The third kappa shape index (κ3) is 3.43. The van der Waals surface area contributed by atoms with Gasteiger partial charge in [-0.3, -0.25) is 4.74 Å². The third-order valence-electron chi connectivity index (χ3n) is 1.77. The van der Waals surface area contributed by atoms with Crippen LogP contribution in [-0.4, -0.2) is 36.8 Å². The number of ether oxygens (including phenoxy) is 1. The summed E-state index contributed by atoms with van der Waals surface area (Å²) in [6.45, 7) is 0. The Hall–Kier alpha value is -1.61. The lowest BCUT2D eigenvalue weighted by atomic mass is 10.0. The van der Waals surface area contributed by atoms with Gasteiger partial charge in [-0.25, -0.2) is 4.79 Å². The van der Waals surface area contributed by atoms with E-state index in [1.54, 1.807) is 0 Å². The molecule has 0 spiro atoms. The van der Waals surface area contributed by atoms with Crippen LogP contribution in [0.4, 0.5) is 13.2 Å². The fourth-order valence-electron chi connectivity index (χ4n) is 1.16. The summed E-state index contributed by atoms with van der Waals surface area (Å²) in [6.07, 6.45) is -4.63. The van der Waals surface area contributed by atoms with Crippen molar-refractivity contribution in [2.24, 2.45) is 0 Å². The highest BCUT2D eigenvalue weighted by Crippen LogP contribution is 2.25. The molecule has 0 fully saturated rings. The second-order valence-corrected chi connectivity index (χ2v) is 3.81. The molecule has 9 heteroatoms. The minimum Gasteiger partial charge on any atom is -0.478 e. The zero-order valence-corrected chi connectivity index (χ0v) is 8.75. The number of rotatable bonds is 2. The van der Waals surface area contributed by atoms with E-state index in [-0.39, 0.29) is 0 Å². The maximum absolute atomic E-state index is 12.0. The molecule has 1 aliphatic rings. The van der Waals surface area contributed by atoms with Crippen molar-refractivity contribution in [1.82, 2.24) is 0 Å². The second-order valence-electron chi connectivity index (χ2n) is 2.87. The van der Waals surface area contributed by atoms with Crippen LogP contribution in [0.5, 0.6) is 0 Å². The number of hydrogen-bond donors (Lipinski definition) is 1. The Kier molecular flexibility index (Phi) is 3.73. The molecule has 0 aromatic carbocycles. The van der Waals surface area contributed by atoms with Crippen LogP contribution in [0.15, 0.2) is 23.8 Å². The number of hydrogen-bond acceptors (Lipinski definition) is 4. The molecule has 0 radical (unpaired) electrons. The average Bonchev–Trinajstić information content (AvgIpc) is 2.14. The number of halogens is 3. The van der Waals surface area contributed by atoms with Gasteiger partial charge in [-0.05, 0) is 12.2 Å². The van der Waals surface area contributed by atoms with E-state index in [9.17, 15) is 26.4 Å². The second kappa shape index (κ2) is 4.72. The molecule has 0 aliphatic heterocycles. The highest BCUT2D eigenvalue weighted by atomic mass is 32.2. The fourth-order valence-corrected chi connectivity index (χ4v) is 1.70. The summed E-state index contributed by atoms with van der Waals surface area (Å²) in [5.41, 5.74) is -0.802. The van der Waals surface area contributed by atoms with Crippen molar-refractivity contribution in [2.75, 3.05) is 0 Å². The quantitative estimate of drug-likeness (QED) is 0.740. The Morgan fingerprint density at radius 3 is 2.41 bits per heavy atom.